The zero-order chi connectivity index (χ0) is 28.6. The number of pyridine rings is 1. The highest BCUT2D eigenvalue weighted by Gasteiger charge is 2.42. The van der Waals surface area contributed by atoms with Crippen molar-refractivity contribution in [1.82, 2.24) is 19.7 Å². The summed E-state index contributed by atoms with van der Waals surface area (Å²) in [6, 6.07) is 10.2. The highest BCUT2D eigenvalue weighted by Crippen LogP contribution is 2.45. The minimum Gasteiger partial charge on any atom is -0.459 e. The number of esters is 1. The van der Waals surface area contributed by atoms with Crippen LogP contribution in [0, 0.1) is 0 Å². The molecule has 1 unspecified atom stereocenters. The maximum atomic E-state index is 13.6. The monoisotopic (exact) mass is 559 g/mol. The fourth-order valence-corrected chi connectivity index (χ4v) is 6.20. The van der Waals surface area contributed by atoms with Crippen molar-refractivity contribution in [2.45, 2.75) is 95.8 Å². The van der Waals surface area contributed by atoms with Crippen molar-refractivity contribution in [2.75, 3.05) is 31.6 Å². The normalized spacial score (nSPS) is 18.5. The summed E-state index contributed by atoms with van der Waals surface area (Å²) in [5, 5.41) is 9.42. The molecule has 1 saturated carbocycles. The number of hydrogen-bond acceptors (Lipinski definition) is 7. The van der Waals surface area contributed by atoms with Crippen molar-refractivity contribution in [2.24, 2.45) is 7.05 Å². The van der Waals surface area contributed by atoms with Gasteiger partial charge in [0.2, 0.25) is 0 Å². The van der Waals surface area contributed by atoms with E-state index in [9.17, 15) is 4.79 Å². The number of nitrogens with zero attached hydrogens (tertiary/aromatic N) is 4. The Bertz CT molecular complexity index is 1380. The van der Waals surface area contributed by atoms with Crippen molar-refractivity contribution in [1.29, 1.82) is 0 Å². The van der Waals surface area contributed by atoms with Crippen LogP contribution in [0.1, 0.15) is 93.8 Å². The summed E-state index contributed by atoms with van der Waals surface area (Å²) in [5.41, 5.74) is 5.18. The Balaban J connectivity index is 1.04. The number of ether oxygens (including phenoxy) is 2. The van der Waals surface area contributed by atoms with Gasteiger partial charge in [-0.1, -0.05) is 24.6 Å². The lowest BCUT2D eigenvalue weighted by atomic mass is 9.95. The number of benzene rings is 1. The van der Waals surface area contributed by atoms with E-state index in [2.05, 4.69) is 34.5 Å². The van der Waals surface area contributed by atoms with Crippen LogP contribution >= 0.6 is 0 Å². The lowest BCUT2D eigenvalue weighted by Gasteiger charge is -2.43. The number of hydrogen-bond donors (Lipinski definition) is 1. The summed E-state index contributed by atoms with van der Waals surface area (Å²) in [4.78, 5) is 20.7. The molecule has 6 rings (SSSR count). The zero-order valence-electron chi connectivity index (χ0n) is 25.1. The first-order valence-electron chi connectivity index (χ1n) is 15.5. The minimum absolute atomic E-state index is 0.143. The predicted octanol–water partition coefficient (Wildman–Crippen LogP) is 5.70. The molecule has 8 nitrogen and oxygen atoms in total. The molecule has 3 aromatic rings. The van der Waals surface area contributed by atoms with Gasteiger partial charge >= 0.3 is 5.97 Å². The first-order chi connectivity index (χ1) is 19.8. The smallest absolute Gasteiger partial charge is 0.328 e. The molecule has 1 atom stereocenters. The van der Waals surface area contributed by atoms with Crippen LogP contribution in [0.4, 0.5) is 5.82 Å². The molecule has 0 bridgehead atoms. The maximum absolute atomic E-state index is 13.6. The van der Waals surface area contributed by atoms with Gasteiger partial charge in [0.1, 0.15) is 17.5 Å². The van der Waals surface area contributed by atoms with Gasteiger partial charge in [-0.3, -0.25) is 9.58 Å². The number of unbranched alkanes of at least 4 members (excludes halogenated alkanes) is 2. The standard InChI is InChI=1S/C33H45N5O3/c1-33(2,3)41-32(39)30(26-12-8-13-27-28(26)29(22-14-15-22)36-37(27)4)38-20-25(21-38)40-19-7-5-6-11-24-17-16-23-10-9-18-34-31(23)35-24/h8,12-13,16-17,22,25,30H,5-7,9-11,14-15,18-21H2,1-4H3,(H,34,35). The molecule has 1 N–H and O–H groups in total. The number of carbonyl (C=O) groups is 1. The molecule has 1 aromatic carbocycles. The highest BCUT2D eigenvalue weighted by atomic mass is 16.6. The topological polar surface area (TPSA) is 81.5 Å². The Morgan fingerprint density at radius 1 is 1.12 bits per heavy atom. The van der Waals surface area contributed by atoms with Crippen LogP contribution in [0.3, 0.4) is 0 Å². The molecule has 2 fully saturated rings. The van der Waals surface area contributed by atoms with E-state index >= 15 is 0 Å². The number of likely N-dealkylation sites (tertiary alicyclic amines) is 1. The van der Waals surface area contributed by atoms with Crippen molar-refractivity contribution < 1.29 is 14.3 Å². The van der Waals surface area contributed by atoms with Gasteiger partial charge in [-0.25, -0.2) is 9.78 Å². The molecular formula is C33H45N5O3. The van der Waals surface area contributed by atoms with Crippen LogP contribution in [0.5, 0.6) is 0 Å². The van der Waals surface area contributed by atoms with Gasteiger partial charge in [0.05, 0.1) is 17.3 Å². The van der Waals surface area contributed by atoms with Gasteiger partial charge in [0, 0.05) is 50.3 Å². The molecular weight excluding hydrogens is 514 g/mol. The van der Waals surface area contributed by atoms with Gasteiger partial charge in [-0.15, -0.1) is 0 Å². The number of rotatable bonds is 11. The van der Waals surface area contributed by atoms with Gasteiger partial charge in [0.15, 0.2) is 0 Å². The first-order valence-corrected chi connectivity index (χ1v) is 15.5. The van der Waals surface area contributed by atoms with E-state index in [4.69, 9.17) is 19.6 Å². The second-order valence-corrected chi connectivity index (χ2v) is 13.1. The van der Waals surface area contributed by atoms with E-state index < -0.39 is 11.6 Å². The number of nitrogens with one attached hydrogen (secondary N) is 1. The molecule has 3 aliphatic rings. The molecule has 0 amide bonds. The second-order valence-electron chi connectivity index (χ2n) is 13.1. The summed E-state index contributed by atoms with van der Waals surface area (Å²) >= 11 is 0. The fraction of sp³-hybridized carbons (Fsp3) is 0.606. The molecule has 4 heterocycles. The van der Waals surface area contributed by atoms with Gasteiger partial charge < -0.3 is 14.8 Å². The molecule has 1 saturated heterocycles. The summed E-state index contributed by atoms with van der Waals surface area (Å²) < 4.78 is 14.1. The Labute approximate surface area is 243 Å². The predicted molar refractivity (Wildman–Crippen MR) is 161 cm³/mol. The molecule has 8 heteroatoms. The van der Waals surface area contributed by atoms with E-state index in [0.29, 0.717) is 5.92 Å². The second kappa shape index (κ2) is 11.7. The van der Waals surface area contributed by atoms with Crippen molar-refractivity contribution in [3.8, 4) is 0 Å². The van der Waals surface area contributed by atoms with E-state index in [1.54, 1.807) is 0 Å². The fourth-order valence-electron chi connectivity index (χ4n) is 6.20. The summed E-state index contributed by atoms with van der Waals surface area (Å²) in [7, 11) is 1.99. The number of fused-ring (bicyclic) bond motifs is 2. The summed E-state index contributed by atoms with van der Waals surface area (Å²) in [6.45, 7) is 9.03. The van der Waals surface area contributed by atoms with Crippen molar-refractivity contribution >= 4 is 22.7 Å². The third-order valence-corrected chi connectivity index (χ3v) is 8.45. The molecule has 220 valence electrons. The Morgan fingerprint density at radius 3 is 2.73 bits per heavy atom. The number of aryl methyl sites for hydroxylation is 3. The van der Waals surface area contributed by atoms with E-state index in [1.807, 2.05) is 38.6 Å². The molecule has 0 radical (unpaired) electrons. The Hall–Kier alpha value is -2.97. The van der Waals surface area contributed by atoms with Crippen molar-refractivity contribution in [3.05, 3.63) is 52.8 Å². The Kier molecular flexibility index (Phi) is 8.05. The maximum Gasteiger partial charge on any atom is 0.328 e. The van der Waals surface area contributed by atoms with Crippen molar-refractivity contribution in [3.63, 3.8) is 0 Å². The third kappa shape index (κ3) is 6.44. The van der Waals surface area contributed by atoms with E-state index in [1.165, 1.54) is 17.7 Å². The largest absolute Gasteiger partial charge is 0.459 e. The number of anilines is 1. The van der Waals surface area contributed by atoms with Crippen LogP contribution in [0.2, 0.25) is 0 Å². The van der Waals surface area contributed by atoms with Crippen LogP contribution < -0.4 is 5.32 Å². The molecule has 1 aliphatic carbocycles. The van der Waals surface area contributed by atoms with Gasteiger partial charge in [-0.05, 0) is 89.0 Å². The first kappa shape index (κ1) is 28.2. The van der Waals surface area contributed by atoms with Crippen LogP contribution in [-0.4, -0.2) is 63.6 Å². The molecule has 2 aromatic heterocycles. The highest BCUT2D eigenvalue weighted by molar-refractivity contribution is 5.92. The van der Waals surface area contributed by atoms with Gasteiger partial charge in [0.25, 0.3) is 0 Å². The number of aromatic nitrogens is 3. The summed E-state index contributed by atoms with van der Waals surface area (Å²) in [5.74, 6) is 1.38. The van der Waals surface area contributed by atoms with E-state index in [-0.39, 0.29) is 12.1 Å². The zero-order valence-corrected chi connectivity index (χ0v) is 25.1. The molecule has 0 spiro atoms. The van der Waals surface area contributed by atoms with Crippen LogP contribution in [0.25, 0.3) is 10.9 Å². The van der Waals surface area contributed by atoms with Crippen LogP contribution in [0.15, 0.2) is 30.3 Å². The van der Waals surface area contributed by atoms with Crippen LogP contribution in [-0.2, 0) is 34.2 Å². The lowest BCUT2D eigenvalue weighted by Crippen LogP contribution is -2.55. The summed E-state index contributed by atoms with van der Waals surface area (Å²) in [6.07, 6.45) is 9.07. The quantitative estimate of drug-likeness (QED) is 0.238. The third-order valence-electron chi connectivity index (χ3n) is 8.45. The average Bonchev–Trinajstić information content (AvgIpc) is 3.70. The molecule has 2 aliphatic heterocycles. The lowest BCUT2D eigenvalue weighted by molar-refractivity contribution is -0.168. The number of carbonyl (C=O) groups excluding carboxylic acids is 1. The van der Waals surface area contributed by atoms with E-state index in [0.717, 1.165) is 99.2 Å². The van der Waals surface area contributed by atoms with Gasteiger partial charge in [-0.2, -0.15) is 5.10 Å². The average molecular weight is 560 g/mol. The Morgan fingerprint density at radius 2 is 1.95 bits per heavy atom. The molecule has 41 heavy (non-hydrogen) atoms. The minimum atomic E-state index is -0.552. The SMILES string of the molecule is Cn1nc(C2CC2)c2c(C(C(=O)OC(C)(C)C)N3CC(OCCCCCc4ccc5c(n4)NCCC5)C3)cccc21.